The van der Waals surface area contributed by atoms with Crippen LogP contribution in [0, 0.1) is 22.2 Å². The van der Waals surface area contributed by atoms with E-state index in [9.17, 15) is 34.0 Å². The molecule has 426 valence electrons. The number of rotatable bonds is 6. The Bertz CT molecular complexity index is 4600. The van der Waals surface area contributed by atoms with Crippen molar-refractivity contribution in [3.8, 4) is 6.07 Å². The van der Waals surface area contributed by atoms with E-state index in [1.54, 1.807) is 66.2 Å². The van der Waals surface area contributed by atoms with Crippen LogP contribution in [0.3, 0.4) is 0 Å². The minimum Gasteiger partial charge on any atom is -0.457 e. The van der Waals surface area contributed by atoms with Crippen LogP contribution >= 0.6 is 0 Å². The van der Waals surface area contributed by atoms with Crippen LogP contribution in [0.5, 0.6) is 0 Å². The molecule has 6 aromatic rings. The van der Waals surface area contributed by atoms with Crippen molar-refractivity contribution in [3.05, 3.63) is 245 Å². The van der Waals surface area contributed by atoms with Crippen LogP contribution in [-0.4, -0.2) is 72.1 Å². The third-order valence-corrected chi connectivity index (χ3v) is 18.6. The number of ether oxygens (including phenoxy) is 2. The number of aromatic amines is 1. The fourth-order valence-corrected chi connectivity index (χ4v) is 14.7. The van der Waals surface area contributed by atoms with Gasteiger partial charge in [-0.25, -0.2) is 9.97 Å². The Kier molecular flexibility index (Phi) is 11.5. The van der Waals surface area contributed by atoms with Crippen molar-refractivity contribution in [2.75, 3.05) is 0 Å². The van der Waals surface area contributed by atoms with Crippen LogP contribution in [0.2, 0.25) is 0 Å². The topological polar surface area (TPSA) is 266 Å². The first-order chi connectivity index (χ1) is 41.7. The molecule has 87 heavy (non-hydrogen) atoms. The molecular weight excluding hydrogens is 1100 g/mol. The molecule has 15 rings (SSSR count). The van der Waals surface area contributed by atoms with Crippen molar-refractivity contribution >= 4 is 52.0 Å². The van der Waals surface area contributed by atoms with E-state index in [0.29, 0.717) is 45.7 Å². The van der Waals surface area contributed by atoms with Crippen molar-refractivity contribution in [3.63, 3.8) is 0 Å². The molecule has 0 fully saturated rings. The number of benzene rings is 3. The summed E-state index contributed by atoms with van der Waals surface area (Å²) in [6.45, 7) is 7.53. The Balaban J connectivity index is 0.741. The summed E-state index contributed by atoms with van der Waals surface area (Å²) in [7, 11) is 0. The number of allylic oxidation sites excluding steroid dienone is 12. The van der Waals surface area contributed by atoms with Crippen molar-refractivity contribution in [2.45, 2.75) is 95.9 Å². The first kappa shape index (κ1) is 53.2. The highest BCUT2D eigenvalue weighted by Gasteiger charge is 2.56. The number of fused-ring (bicyclic) bond motifs is 3. The summed E-state index contributed by atoms with van der Waals surface area (Å²) < 4.78 is 14.5. The summed E-state index contributed by atoms with van der Waals surface area (Å²) in [5, 5.41) is 16.0. The lowest BCUT2D eigenvalue weighted by Gasteiger charge is -2.40. The van der Waals surface area contributed by atoms with Gasteiger partial charge in [0.05, 0.1) is 52.4 Å². The normalized spacial score (nSPS) is 25.3. The fourth-order valence-electron chi connectivity index (χ4n) is 14.7. The van der Waals surface area contributed by atoms with Gasteiger partial charge < -0.3 is 14.8 Å². The quantitative estimate of drug-likeness (QED) is 0.147. The van der Waals surface area contributed by atoms with Gasteiger partial charge in [0.25, 0.3) is 0 Å². The van der Waals surface area contributed by atoms with Gasteiger partial charge in [0, 0.05) is 109 Å². The smallest absolute Gasteiger partial charge is 0.247 e. The molecule has 0 radical (unpaired) electrons. The first-order valence-corrected chi connectivity index (χ1v) is 28.7. The third-order valence-electron chi connectivity index (χ3n) is 18.6. The van der Waals surface area contributed by atoms with Crippen LogP contribution in [0.15, 0.2) is 184 Å². The number of nitrogens with zero attached hydrogens (tertiary/aromatic N) is 5. The number of Topliss-reactive ketones (excluding diaryl/α,β-unsaturated/α-hetero) is 9. The lowest BCUT2D eigenvalue weighted by molar-refractivity contribution is -0.808. The number of aromatic nitrogens is 5. The van der Waals surface area contributed by atoms with E-state index in [-0.39, 0.29) is 146 Å². The minimum absolute atomic E-state index is 0.0124. The van der Waals surface area contributed by atoms with E-state index in [1.165, 1.54) is 30.9 Å². The number of nitrogens with one attached hydrogen (secondary N) is 2. The Morgan fingerprint density at radius 3 is 1.84 bits per heavy atom. The van der Waals surface area contributed by atoms with Gasteiger partial charge in [-0.3, -0.25) is 48.1 Å². The van der Waals surface area contributed by atoms with Gasteiger partial charge in [0.15, 0.2) is 46.1 Å². The molecule has 6 aliphatic carbocycles. The minimum atomic E-state index is -1.20. The number of carbonyl (C=O) groups excluding carboxylic acids is 9. The molecule has 0 amide bonds. The second-order valence-corrected chi connectivity index (χ2v) is 25.3. The number of hydrogen-bond donors (Lipinski definition) is 2. The summed E-state index contributed by atoms with van der Waals surface area (Å²) >= 11 is 0. The van der Waals surface area contributed by atoms with Gasteiger partial charge in [-0.05, 0) is 45.7 Å². The summed E-state index contributed by atoms with van der Waals surface area (Å²) in [6, 6.07) is 28.1. The second kappa shape index (κ2) is 18.7. The Labute approximate surface area is 496 Å². The number of hydrogen-bond acceptors (Lipinski definition) is 16. The molecule has 0 spiro atoms. The standard InChI is InChI=1S/C69H49N7O11/c1-67(2)22-41(77)51-44(25-67)86-66-54(48(51)33-11-7-5-8-12-33)60(81)38-30-72-46(74-56(38)64(66)85)27-68(3)23-42(78)52-45(26-68)87-65-55(49(52)34-13-9-6-10-14-34)63(84)57-39(62(65)83)31-76(75-57)69(4)21-40-50(43(79)24-69)47(35-17-15-32(28-70)16-18-35)53-58(73-40)61(82)36-19-20-71-29-37(36)59(53)80/h5-20,29-31,47-49H,21-27H2,1-4H3,(H,73,79,80)/p+1. The van der Waals surface area contributed by atoms with Gasteiger partial charge in [0.2, 0.25) is 34.9 Å². The Morgan fingerprint density at radius 2 is 1.16 bits per heavy atom. The molecule has 18 heteroatoms. The second-order valence-electron chi connectivity index (χ2n) is 25.3. The van der Waals surface area contributed by atoms with Crippen molar-refractivity contribution in [1.29, 1.82) is 5.26 Å². The molecule has 18 nitrogen and oxygen atoms in total. The van der Waals surface area contributed by atoms with Gasteiger partial charge in [-0.2, -0.15) is 10.4 Å². The molecule has 9 aliphatic rings. The maximum Gasteiger partial charge on any atom is 0.247 e. The summed E-state index contributed by atoms with van der Waals surface area (Å²) in [5.74, 6) is -6.82. The zero-order valence-corrected chi connectivity index (χ0v) is 47.4. The van der Waals surface area contributed by atoms with Crippen LogP contribution in [0.25, 0.3) is 0 Å². The summed E-state index contributed by atoms with van der Waals surface area (Å²) in [6.07, 6.45) is 6.08. The Morgan fingerprint density at radius 1 is 0.563 bits per heavy atom. The Hall–Kier alpha value is -10.5. The average molecular weight is 1150 g/mol. The number of dihydropyridines is 1. The van der Waals surface area contributed by atoms with Crippen LogP contribution in [-0.2, 0) is 35.8 Å². The average Bonchev–Trinajstić information content (AvgIpc) is 1.62. The van der Waals surface area contributed by atoms with Gasteiger partial charge >= 0.3 is 0 Å². The molecule has 3 aliphatic heterocycles. The van der Waals surface area contributed by atoms with Gasteiger partial charge in [-0.1, -0.05) is 93.6 Å². The van der Waals surface area contributed by atoms with Crippen LogP contribution in [0.4, 0.5) is 0 Å². The van der Waals surface area contributed by atoms with E-state index in [4.69, 9.17) is 14.5 Å². The number of H-pyrrole nitrogens is 1. The molecule has 5 atom stereocenters. The highest BCUT2D eigenvalue weighted by atomic mass is 16.5. The van der Waals surface area contributed by atoms with Gasteiger partial charge in [0.1, 0.15) is 28.6 Å². The lowest BCUT2D eigenvalue weighted by Crippen LogP contribution is -2.60. The molecule has 3 aromatic carbocycles. The van der Waals surface area contributed by atoms with Crippen molar-refractivity contribution in [1.82, 2.24) is 25.4 Å². The highest BCUT2D eigenvalue weighted by Crippen LogP contribution is 2.55. The maximum atomic E-state index is 15.3. The monoisotopic (exact) mass is 1150 g/mol. The van der Waals surface area contributed by atoms with Gasteiger partial charge in [-0.15, -0.1) is 4.68 Å². The van der Waals surface area contributed by atoms with Crippen molar-refractivity contribution in [2.24, 2.45) is 10.8 Å². The molecule has 0 saturated carbocycles. The number of pyridine rings is 1. The maximum absolute atomic E-state index is 15.3. The molecule has 6 heterocycles. The predicted molar refractivity (Wildman–Crippen MR) is 305 cm³/mol. The third kappa shape index (κ3) is 7.94. The number of ketones is 9. The number of carbonyl (C=O) groups is 9. The lowest BCUT2D eigenvalue weighted by atomic mass is 9.66. The zero-order valence-electron chi connectivity index (χ0n) is 47.4. The molecule has 2 N–H and O–H groups in total. The fraction of sp³-hybridized carbons (Fsp3) is 0.246. The SMILES string of the molecule is CC1(C)CC(=O)C2=C(C1)OC1=C(C(=O)c3cnc(CC4(C)CC(=O)C5=C(C4)OC4=C(C(=O)c6[nH][n+](C7(C)CC(=O)C8=C(C7)NC7=C(C(=O)c9cnccc9C7=O)C8c7ccc(C#N)cc7)cc6C4=O)C5c4ccccc4)nc3C1=O)C2c1ccccc1. The van der Waals surface area contributed by atoms with E-state index >= 15 is 14.4 Å². The summed E-state index contributed by atoms with van der Waals surface area (Å²) in [4.78, 5) is 146. The number of nitriles is 1. The predicted octanol–water partition coefficient (Wildman–Crippen LogP) is 8.81. The summed E-state index contributed by atoms with van der Waals surface area (Å²) in [5.41, 5.74) is 0.721. The highest BCUT2D eigenvalue weighted by molar-refractivity contribution is 6.30. The van der Waals surface area contributed by atoms with Crippen LogP contribution in [0.1, 0.15) is 174 Å². The van der Waals surface area contributed by atoms with E-state index in [1.807, 2.05) is 51.1 Å². The van der Waals surface area contributed by atoms with Crippen molar-refractivity contribution < 1.29 is 57.3 Å². The molecule has 0 bridgehead atoms. The van der Waals surface area contributed by atoms with E-state index < -0.39 is 68.8 Å². The molecule has 5 unspecified atom stereocenters. The molecule has 0 saturated heterocycles. The zero-order chi connectivity index (χ0) is 60.3. The largest absolute Gasteiger partial charge is 0.457 e. The van der Waals surface area contributed by atoms with Crippen LogP contribution < -0.4 is 10.00 Å². The molecular formula is C69H50N7O11+. The van der Waals surface area contributed by atoms with E-state index in [2.05, 4.69) is 26.5 Å². The first-order valence-electron chi connectivity index (χ1n) is 28.7. The molecule has 3 aromatic heterocycles. The van der Waals surface area contributed by atoms with E-state index in [0.717, 1.165) is 0 Å².